The number of likely N-dealkylation sites (N-methyl/N-ethyl adjacent to an activating group) is 1. The van der Waals surface area contributed by atoms with Crippen molar-refractivity contribution in [2.24, 2.45) is 4.99 Å². The minimum Gasteiger partial charge on any atom is -0.357 e. The largest absolute Gasteiger partial charge is 0.357 e. The van der Waals surface area contributed by atoms with Gasteiger partial charge in [-0.25, -0.2) is 4.99 Å². The quantitative estimate of drug-likeness (QED) is 0.230. The maximum absolute atomic E-state index is 11.5. The fourth-order valence-corrected chi connectivity index (χ4v) is 2.31. The van der Waals surface area contributed by atoms with E-state index >= 15 is 0 Å². The lowest BCUT2D eigenvalue weighted by atomic mass is 10.0. The molecule has 0 bridgehead atoms. The molecule has 1 aromatic rings. The monoisotopic (exact) mass is 460 g/mol. The van der Waals surface area contributed by atoms with Gasteiger partial charge in [0.05, 0.1) is 0 Å². The first-order chi connectivity index (χ1) is 11.6. The number of benzene rings is 1. The van der Waals surface area contributed by atoms with E-state index in [0.29, 0.717) is 18.4 Å². The van der Waals surface area contributed by atoms with E-state index in [1.54, 1.807) is 0 Å². The highest BCUT2D eigenvalue weighted by Gasteiger charge is 2.02. The molecule has 0 atom stereocenters. The summed E-state index contributed by atoms with van der Waals surface area (Å²) in [5.74, 6) is 1.21. The molecule has 0 aliphatic carbocycles. The molecule has 1 rings (SSSR count). The molecule has 5 nitrogen and oxygen atoms in total. The van der Waals surface area contributed by atoms with Gasteiger partial charge in [-0.1, -0.05) is 38.1 Å². The normalized spacial score (nSPS) is 11.0. The van der Waals surface area contributed by atoms with Gasteiger partial charge < -0.3 is 16.0 Å². The third-order valence-corrected chi connectivity index (χ3v) is 3.68. The van der Waals surface area contributed by atoms with Gasteiger partial charge in [-0.3, -0.25) is 4.79 Å². The zero-order valence-corrected chi connectivity index (χ0v) is 18.2. The van der Waals surface area contributed by atoms with Crippen LogP contribution >= 0.6 is 24.0 Å². The van der Waals surface area contributed by atoms with Crippen LogP contribution in [0.15, 0.2) is 29.3 Å². The van der Waals surface area contributed by atoms with E-state index in [1.807, 2.05) is 13.8 Å². The van der Waals surface area contributed by atoms with E-state index in [-0.39, 0.29) is 36.4 Å². The molecule has 25 heavy (non-hydrogen) atoms. The number of carbonyl (C=O) groups is 1. The summed E-state index contributed by atoms with van der Waals surface area (Å²) in [4.78, 5) is 15.8. The highest BCUT2D eigenvalue weighted by Crippen LogP contribution is 2.15. The van der Waals surface area contributed by atoms with Gasteiger partial charge in [-0.2, -0.15) is 0 Å². The Morgan fingerprint density at radius 2 is 1.68 bits per heavy atom. The fourth-order valence-electron chi connectivity index (χ4n) is 2.31. The van der Waals surface area contributed by atoms with Crippen LogP contribution in [0.1, 0.15) is 51.2 Å². The van der Waals surface area contributed by atoms with Crippen molar-refractivity contribution < 1.29 is 4.79 Å². The average Bonchev–Trinajstić information content (AvgIpc) is 2.57. The third kappa shape index (κ3) is 10.3. The second-order valence-electron chi connectivity index (χ2n) is 6.08. The summed E-state index contributed by atoms with van der Waals surface area (Å²) in [6.45, 7) is 10.7. The van der Waals surface area contributed by atoms with Gasteiger partial charge in [-0.05, 0) is 43.7 Å². The second-order valence-corrected chi connectivity index (χ2v) is 6.08. The number of hydrogen-bond acceptors (Lipinski definition) is 2. The number of amides is 1. The standard InChI is InChI=1S/C19H32N4O.HI/c1-5-20-18(24)14-23-19(21-6-2)22-13-7-8-16-9-11-17(12-10-16)15(3)4;/h9-12,15H,5-8,13-14H2,1-4H3,(H,20,24)(H2,21,22,23);1H. The second kappa shape index (κ2) is 13.9. The zero-order chi connectivity index (χ0) is 17.8. The summed E-state index contributed by atoms with van der Waals surface area (Å²) in [6, 6.07) is 8.85. The molecule has 142 valence electrons. The lowest BCUT2D eigenvalue weighted by molar-refractivity contribution is -0.119. The van der Waals surface area contributed by atoms with Crippen molar-refractivity contribution >= 4 is 35.8 Å². The van der Waals surface area contributed by atoms with Gasteiger partial charge in [0.25, 0.3) is 0 Å². The molecule has 0 radical (unpaired) electrons. The number of nitrogens with one attached hydrogen (secondary N) is 3. The van der Waals surface area contributed by atoms with Gasteiger partial charge in [0.1, 0.15) is 6.54 Å². The number of halogens is 1. The van der Waals surface area contributed by atoms with Crippen LogP contribution < -0.4 is 16.0 Å². The Hall–Kier alpha value is -1.31. The molecule has 0 aliphatic rings. The van der Waals surface area contributed by atoms with Crippen LogP contribution in [0.5, 0.6) is 0 Å². The first kappa shape index (κ1) is 23.7. The van der Waals surface area contributed by atoms with Crippen molar-refractivity contribution in [3.05, 3.63) is 35.4 Å². The first-order valence-electron chi connectivity index (χ1n) is 8.94. The number of rotatable bonds is 9. The van der Waals surface area contributed by atoms with Gasteiger partial charge in [0, 0.05) is 19.6 Å². The highest BCUT2D eigenvalue weighted by molar-refractivity contribution is 14.0. The van der Waals surface area contributed by atoms with Crippen LogP contribution in [-0.2, 0) is 11.2 Å². The molecule has 0 spiro atoms. The van der Waals surface area contributed by atoms with Crippen molar-refractivity contribution in [1.29, 1.82) is 0 Å². The minimum absolute atomic E-state index is 0. The van der Waals surface area contributed by atoms with Crippen LogP contribution in [0.25, 0.3) is 0 Å². The summed E-state index contributed by atoms with van der Waals surface area (Å²) in [5, 5.41) is 9.18. The van der Waals surface area contributed by atoms with Crippen molar-refractivity contribution in [1.82, 2.24) is 16.0 Å². The van der Waals surface area contributed by atoms with Crippen molar-refractivity contribution in [2.75, 3.05) is 26.2 Å². The predicted molar refractivity (Wildman–Crippen MR) is 117 cm³/mol. The Balaban J connectivity index is 0.00000576. The molecule has 0 unspecified atom stereocenters. The number of carbonyl (C=O) groups excluding carboxylic acids is 1. The number of aryl methyl sites for hydroxylation is 1. The van der Waals surface area contributed by atoms with Crippen LogP contribution in [0.3, 0.4) is 0 Å². The van der Waals surface area contributed by atoms with E-state index in [9.17, 15) is 4.79 Å². The number of hydrogen-bond donors (Lipinski definition) is 3. The highest BCUT2D eigenvalue weighted by atomic mass is 127. The smallest absolute Gasteiger partial charge is 0.241 e. The fraction of sp³-hybridized carbons (Fsp3) is 0.579. The van der Waals surface area contributed by atoms with E-state index in [2.05, 4.69) is 59.1 Å². The van der Waals surface area contributed by atoms with Crippen molar-refractivity contribution in [2.45, 2.75) is 46.5 Å². The van der Waals surface area contributed by atoms with E-state index < -0.39 is 0 Å². The van der Waals surface area contributed by atoms with Gasteiger partial charge in [0.15, 0.2) is 5.96 Å². The maximum atomic E-state index is 11.5. The molecule has 6 heteroatoms. The molecule has 0 heterocycles. The molecule has 1 aromatic carbocycles. The summed E-state index contributed by atoms with van der Waals surface area (Å²) in [6.07, 6.45) is 2.05. The first-order valence-corrected chi connectivity index (χ1v) is 8.94. The molecule has 1 amide bonds. The Morgan fingerprint density at radius 1 is 1.04 bits per heavy atom. The van der Waals surface area contributed by atoms with E-state index in [4.69, 9.17) is 0 Å². The van der Waals surface area contributed by atoms with Crippen LogP contribution in [0.4, 0.5) is 0 Å². The van der Waals surface area contributed by atoms with Crippen LogP contribution in [0.2, 0.25) is 0 Å². The lowest BCUT2D eigenvalue weighted by Gasteiger charge is -2.11. The topological polar surface area (TPSA) is 65.5 Å². The predicted octanol–water partition coefficient (Wildman–Crippen LogP) is 3.05. The molecule has 0 fully saturated rings. The molecule has 0 aromatic heterocycles. The Kier molecular flexibility index (Phi) is 13.2. The number of guanidine groups is 1. The van der Waals surface area contributed by atoms with Crippen LogP contribution in [-0.4, -0.2) is 38.0 Å². The van der Waals surface area contributed by atoms with E-state index in [1.165, 1.54) is 11.1 Å². The number of nitrogens with zero attached hydrogens (tertiary/aromatic N) is 1. The van der Waals surface area contributed by atoms with Crippen LogP contribution in [0, 0.1) is 0 Å². The van der Waals surface area contributed by atoms with E-state index in [0.717, 1.165) is 25.9 Å². The summed E-state index contributed by atoms with van der Waals surface area (Å²) < 4.78 is 0. The van der Waals surface area contributed by atoms with Crippen molar-refractivity contribution in [3.63, 3.8) is 0 Å². The SMILES string of the molecule is CCNC(=O)CN=C(NCC)NCCCc1ccc(C(C)C)cc1.I. The summed E-state index contributed by atoms with van der Waals surface area (Å²) in [7, 11) is 0. The Labute approximate surface area is 169 Å². The molecular formula is C19H33IN4O. The molecule has 0 saturated heterocycles. The summed E-state index contributed by atoms with van der Waals surface area (Å²) in [5.41, 5.74) is 2.73. The van der Waals surface area contributed by atoms with Gasteiger partial charge >= 0.3 is 0 Å². The third-order valence-electron chi connectivity index (χ3n) is 3.68. The molecular weight excluding hydrogens is 427 g/mol. The Morgan fingerprint density at radius 3 is 2.24 bits per heavy atom. The molecule has 0 saturated carbocycles. The number of aliphatic imine (C=N–C) groups is 1. The lowest BCUT2D eigenvalue weighted by Crippen LogP contribution is -2.39. The average molecular weight is 460 g/mol. The van der Waals surface area contributed by atoms with Crippen molar-refractivity contribution in [3.8, 4) is 0 Å². The molecule has 0 aliphatic heterocycles. The Bertz CT molecular complexity index is 515. The zero-order valence-electron chi connectivity index (χ0n) is 15.9. The van der Waals surface area contributed by atoms with Gasteiger partial charge in [-0.15, -0.1) is 24.0 Å². The van der Waals surface area contributed by atoms with Gasteiger partial charge in [0.2, 0.25) is 5.91 Å². The molecule has 3 N–H and O–H groups in total. The minimum atomic E-state index is -0.0556. The maximum Gasteiger partial charge on any atom is 0.241 e. The summed E-state index contributed by atoms with van der Waals surface area (Å²) >= 11 is 0.